The molecule has 0 spiro atoms. The Hall–Kier alpha value is -1.35. The smallest absolute Gasteiger partial charge is 0.0398 e. The number of nitrogens with zero attached hydrogens (tertiary/aromatic N) is 1. The van der Waals surface area contributed by atoms with Crippen LogP contribution in [0, 0.1) is 5.41 Å². The lowest BCUT2D eigenvalue weighted by atomic mass is 9.95. The van der Waals surface area contributed by atoms with E-state index in [0.29, 0.717) is 0 Å². The molecule has 1 heterocycles. The largest absolute Gasteiger partial charge is 0.398 e. The zero-order valence-electron chi connectivity index (χ0n) is 10.7. The van der Waals surface area contributed by atoms with Gasteiger partial charge >= 0.3 is 0 Å². The van der Waals surface area contributed by atoms with E-state index in [-0.39, 0.29) is 0 Å². The summed E-state index contributed by atoms with van der Waals surface area (Å²) in [5.74, 6) is 0. The molecule has 0 bridgehead atoms. The molecule has 3 N–H and O–H groups in total. The Morgan fingerprint density at radius 2 is 2.06 bits per heavy atom. The number of nitrogens with one attached hydrogen (secondary N) is 1. The summed E-state index contributed by atoms with van der Waals surface area (Å²) in [7, 11) is 2.15. The predicted molar refractivity (Wildman–Crippen MR) is 72.1 cm³/mol. The lowest BCUT2D eigenvalue weighted by Gasteiger charge is -2.12. The first-order valence-corrected chi connectivity index (χ1v) is 6.20. The molecule has 1 aliphatic carbocycles. The molecule has 1 aliphatic heterocycles. The summed E-state index contributed by atoms with van der Waals surface area (Å²) in [5.41, 5.74) is 11.8. The Kier molecular flexibility index (Phi) is 3.48. The average Bonchev–Trinajstić information content (AvgIpc) is 2.56. The van der Waals surface area contributed by atoms with Gasteiger partial charge in [0.15, 0.2) is 0 Å². The van der Waals surface area contributed by atoms with E-state index < -0.39 is 0 Å². The molecule has 0 radical (unpaired) electrons. The molecule has 1 saturated heterocycles. The summed E-state index contributed by atoms with van der Waals surface area (Å²) < 4.78 is 0. The molecule has 0 aromatic heterocycles. The van der Waals surface area contributed by atoms with Gasteiger partial charge in [0, 0.05) is 30.6 Å². The fourth-order valence-corrected chi connectivity index (χ4v) is 2.51. The average molecular weight is 231 g/mol. The van der Waals surface area contributed by atoms with Gasteiger partial charge in [-0.3, -0.25) is 0 Å². The molecule has 0 aromatic rings. The van der Waals surface area contributed by atoms with E-state index in [4.69, 9.17) is 11.1 Å². The molecule has 0 amide bonds. The molecular formula is C14H21N3. The van der Waals surface area contributed by atoms with Gasteiger partial charge in [0.05, 0.1) is 0 Å². The summed E-state index contributed by atoms with van der Waals surface area (Å²) in [6, 6.07) is 0. The zero-order valence-corrected chi connectivity index (χ0v) is 10.7. The van der Waals surface area contributed by atoms with Gasteiger partial charge in [-0.2, -0.15) is 0 Å². The second-order valence-electron chi connectivity index (χ2n) is 4.97. The number of nitrogens with two attached hydrogens (primary N) is 1. The first kappa shape index (κ1) is 12.1. The van der Waals surface area contributed by atoms with Gasteiger partial charge in [-0.25, -0.2) is 0 Å². The lowest BCUT2D eigenvalue weighted by molar-refractivity contribution is 0.355. The van der Waals surface area contributed by atoms with Crippen LogP contribution in [-0.4, -0.2) is 31.3 Å². The molecule has 0 saturated carbocycles. The number of hydrogen-bond donors (Lipinski definition) is 2. The van der Waals surface area contributed by atoms with E-state index in [2.05, 4.69) is 24.9 Å². The van der Waals surface area contributed by atoms with Crippen molar-refractivity contribution < 1.29 is 0 Å². The maximum absolute atomic E-state index is 7.62. The van der Waals surface area contributed by atoms with Gasteiger partial charge in [0.1, 0.15) is 0 Å². The van der Waals surface area contributed by atoms with Crippen LogP contribution in [0.2, 0.25) is 0 Å². The van der Waals surface area contributed by atoms with Crippen molar-refractivity contribution >= 4 is 6.21 Å². The highest BCUT2D eigenvalue weighted by molar-refractivity contribution is 5.85. The quantitative estimate of drug-likeness (QED) is 0.680. The summed E-state index contributed by atoms with van der Waals surface area (Å²) in [6.07, 6.45) is 6.72. The minimum absolute atomic E-state index is 0.811. The van der Waals surface area contributed by atoms with E-state index in [1.807, 2.05) is 0 Å². The van der Waals surface area contributed by atoms with Crippen LogP contribution in [0.25, 0.3) is 0 Å². The third kappa shape index (κ3) is 2.34. The first-order valence-electron chi connectivity index (χ1n) is 6.20. The van der Waals surface area contributed by atoms with Gasteiger partial charge in [0.25, 0.3) is 0 Å². The third-order valence-electron chi connectivity index (χ3n) is 3.77. The molecule has 92 valence electrons. The van der Waals surface area contributed by atoms with Crippen molar-refractivity contribution in [2.45, 2.75) is 26.2 Å². The molecule has 17 heavy (non-hydrogen) atoms. The van der Waals surface area contributed by atoms with Crippen LogP contribution < -0.4 is 5.73 Å². The van der Waals surface area contributed by atoms with Crippen molar-refractivity contribution in [3.8, 4) is 0 Å². The minimum atomic E-state index is 0.811. The molecule has 2 aliphatic rings. The Labute approximate surface area is 103 Å². The highest BCUT2D eigenvalue weighted by atomic mass is 15.1. The van der Waals surface area contributed by atoms with Crippen molar-refractivity contribution in [3.05, 3.63) is 34.1 Å². The summed E-state index contributed by atoms with van der Waals surface area (Å²) in [4.78, 5) is 2.34. The van der Waals surface area contributed by atoms with Gasteiger partial charge in [-0.15, -0.1) is 0 Å². The zero-order chi connectivity index (χ0) is 12.4. The molecule has 3 nitrogen and oxygen atoms in total. The fraction of sp³-hybridized carbons (Fsp3) is 0.500. The predicted octanol–water partition coefficient (Wildman–Crippen LogP) is 2.22. The van der Waals surface area contributed by atoms with Crippen LogP contribution in [0.15, 0.2) is 34.1 Å². The molecule has 1 fully saturated rings. The number of rotatable bonds is 1. The Bertz CT molecular complexity index is 427. The Balaban J connectivity index is 2.49. The van der Waals surface area contributed by atoms with Gasteiger partial charge in [-0.1, -0.05) is 6.08 Å². The van der Waals surface area contributed by atoms with Crippen LogP contribution in [0.3, 0.4) is 0 Å². The highest BCUT2D eigenvalue weighted by Crippen LogP contribution is 2.31. The van der Waals surface area contributed by atoms with Gasteiger partial charge < -0.3 is 16.0 Å². The maximum atomic E-state index is 7.62. The minimum Gasteiger partial charge on any atom is -0.398 e. The molecule has 3 heteroatoms. The second kappa shape index (κ2) is 4.88. The summed E-state index contributed by atoms with van der Waals surface area (Å²) >= 11 is 0. The van der Waals surface area contributed by atoms with E-state index >= 15 is 0 Å². The standard InChI is InChI=1S/C14H21N3/c1-10-3-4-11-5-7-17(2)8-6-12(11)13(9-15)14(10)16/h4,9,15H,3,5-8,16H2,1-2H3. The van der Waals surface area contributed by atoms with Crippen molar-refractivity contribution in [1.82, 2.24) is 4.90 Å². The van der Waals surface area contributed by atoms with Crippen LogP contribution >= 0.6 is 0 Å². The molecular weight excluding hydrogens is 210 g/mol. The molecule has 0 unspecified atom stereocenters. The number of allylic oxidation sites excluding steroid dienone is 3. The van der Waals surface area contributed by atoms with Crippen molar-refractivity contribution in [2.24, 2.45) is 5.73 Å². The Morgan fingerprint density at radius 1 is 1.35 bits per heavy atom. The van der Waals surface area contributed by atoms with Crippen molar-refractivity contribution in [3.63, 3.8) is 0 Å². The maximum Gasteiger partial charge on any atom is 0.0398 e. The molecule has 0 atom stereocenters. The fourth-order valence-electron chi connectivity index (χ4n) is 2.51. The van der Waals surface area contributed by atoms with Crippen LogP contribution in [0.1, 0.15) is 26.2 Å². The van der Waals surface area contributed by atoms with Crippen LogP contribution in [-0.2, 0) is 0 Å². The van der Waals surface area contributed by atoms with E-state index in [1.54, 1.807) is 0 Å². The van der Waals surface area contributed by atoms with Crippen LogP contribution in [0.5, 0.6) is 0 Å². The SMILES string of the molecule is CC1=C(N)C(C=N)=C2CCN(C)CCC2=CC1. The third-order valence-corrected chi connectivity index (χ3v) is 3.77. The first-order chi connectivity index (χ1) is 8.13. The van der Waals surface area contributed by atoms with E-state index in [1.165, 1.54) is 22.9 Å². The van der Waals surface area contributed by atoms with Gasteiger partial charge in [-0.05, 0) is 50.0 Å². The molecule has 2 rings (SSSR count). The normalized spacial score (nSPS) is 22.8. The van der Waals surface area contributed by atoms with E-state index in [0.717, 1.165) is 43.6 Å². The molecule has 0 aromatic carbocycles. The van der Waals surface area contributed by atoms with E-state index in [9.17, 15) is 0 Å². The van der Waals surface area contributed by atoms with Gasteiger partial charge in [0.2, 0.25) is 0 Å². The summed E-state index contributed by atoms with van der Waals surface area (Å²) in [6.45, 7) is 4.21. The number of hydrogen-bond acceptors (Lipinski definition) is 3. The van der Waals surface area contributed by atoms with Crippen LogP contribution in [0.4, 0.5) is 0 Å². The highest BCUT2D eigenvalue weighted by Gasteiger charge is 2.20. The second-order valence-corrected chi connectivity index (χ2v) is 4.97. The topological polar surface area (TPSA) is 53.1 Å². The summed E-state index contributed by atoms with van der Waals surface area (Å²) in [5, 5.41) is 7.62. The Morgan fingerprint density at radius 3 is 2.76 bits per heavy atom. The number of likely N-dealkylation sites (tertiary alicyclic amines) is 1. The van der Waals surface area contributed by atoms with Crippen molar-refractivity contribution in [1.29, 1.82) is 5.41 Å². The monoisotopic (exact) mass is 231 g/mol. The lowest BCUT2D eigenvalue weighted by Crippen LogP contribution is -2.18. The van der Waals surface area contributed by atoms with Crippen molar-refractivity contribution in [2.75, 3.05) is 20.1 Å². The number of fused-ring (bicyclic) bond motifs is 1.